The Morgan fingerprint density at radius 2 is 1.71 bits per heavy atom. The molecule has 0 bridgehead atoms. The van der Waals surface area contributed by atoms with Gasteiger partial charge in [0.25, 0.3) is 17.7 Å². The SMILES string of the molecule is O=C(Nc1ccc(NC(=O)c2nc[nH]c2C(=O)N2CC(O)(CCO)C2)cc1)c1ccc(F)cc1Cl. The van der Waals surface area contributed by atoms with Crippen molar-refractivity contribution in [3.8, 4) is 0 Å². The van der Waals surface area contributed by atoms with Crippen molar-refractivity contribution in [3.63, 3.8) is 0 Å². The second-order valence-electron chi connectivity index (χ2n) is 8.10. The summed E-state index contributed by atoms with van der Waals surface area (Å²) in [5.74, 6) is -2.20. The number of β-amino-alcohol motifs (C(OH)–C–C–N with tert-alkyl or cyclic N) is 1. The van der Waals surface area contributed by atoms with E-state index in [1.807, 2.05) is 0 Å². The number of H-pyrrole nitrogens is 1. The maximum absolute atomic E-state index is 13.2. The molecule has 2 aromatic carbocycles. The molecule has 12 heteroatoms. The highest BCUT2D eigenvalue weighted by Gasteiger charge is 2.44. The molecule has 1 saturated heterocycles. The molecule has 0 radical (unpaired) electrons. The number of rotatable bonds is 7. The fourth-order valence-electron chi connectivity index (χ4n) is 3.66. The van der Waals surface area contributed by atoms with Crippen LogP contribution in [-0.4, -0.2) is 68.1 Å². The summed E-state index contributed by atoms with van der Waals surface area (Å²) in [7, 11) is 0. The number of aliphatic hydroxyl groups excluding tert-OH is 1. The van der Waals surface area contributed by atoms with Crippen molar-refractivity contribution < 1.29 is 29.0 Å². The third kappa shape index (κ3) is 5.32. The number of nitrogens with one attached hydrogen (secondary N) is 3. The van der Waals surface area contributed by atoms with Crippen molar-refractivity contribution in [1.82, 2.24) is 14.9 Å². The minimum absolute atomic E-state index is 0.0198. The number of benzene rings is 2. The van der Waals surface area contributed by atoms with Crippen molar-refractivity contribution in [2.45, 2.75) is 12.0 Å². The number of aliphatic hydroxyl groups is 2. The average Bonchev–Trinajstić information content (AvgIpc) is 3.28. The molecule has 3 aromatic rings. The molecule has 0 spiro atoms. The number of aromatic amines is 1. The molecule has 10 nitrogen and oxygen atoms in total. The molecule has 1 fully saturated rings. The molecule has 182 valence electrons. The Balaban J connectivity index is 1.38. The van der Waals surface area contributed by atoms with Gasteiger partial charge in [-0.25, -0.2) is 9.37 Å². The van der Waals surface area contributed by atoms with Gasteiger partial charge in [-0.05, 0) is 42.5 Å². The lowest BCUT2D eigenvalue weighted by molar-refractivity contribution is -0.0925. The van der Waals surface area contributed by atoms with Gasteiger partial charge in [0.2, 0.25) is 0 Å². The van der Waals surface area contributed by atoms with Gasteiger partial charge in [0.15, 0.2) is 5.69 Å². The molecule has 1 aromatic heterocycles. The predicted molar refractivity (Wildman–Crippen MR) is 125 cm³/mol. The molecule has 4 rings (SSSR count). The first-order valence-corrected chi connectivity index (χ1v) is 10.9. The molecule has 0 unspecified atom stereocenters. The first-order chi connectivity index (χ1) is 16.7. The second kappa shape index (κ2) is 9.82. The van der Waals surface area contributed by atoms with Crippen LogP contribution in [0.4, 0.5) is 15.8 Å². The van der Waals surface area contributed by atoms with Crippen LogP contribution in [0.2, 0.25) is 5.02 Å². The van der Waals surface area contributed by atoms with Crippen LogP contribution >= 0.6 is 11.6 Å². The van der Waals surface area contributed by atoms with E-state index < -0.39 is 29.1 Å². The normalized spacial score (nSPS) is 14.2. The van der Waals surface area contributed by atoms with E-state index in [-0.39, 0.29) is 48.1 Å². The third-order valence-electron chi connectivity index (χ3n) is 5.48. The highest BCUT2D eigenvalue weighted by atomic mass is 35.5. The zero-order valence-corrected chi connectivity index (χ0v) is 19.0. The van der Waals surface area contributed by atoms with Gasteiger partial charge in [0.1, 0.15) is 17.1 Å². The first kappa shape index (κ1) is 24.3. The zero-order chi connectivity index (χ0) is 25.2. The second-order valence-corrected chi connectivity index (χ2v) is 8.50. The van der Waals surface area contributed by atoms with Crippen LogP contribution in [-0.2, 0) is 0 Å². The lowest BCUT2D eigenvalue weighted by Crippen LogP contribution is -2.63. The molecule has 5 N–H and O–H groups in total. The number of hydrogen-bond donors (Lipinski definition) is 5. The Labute approximate surface area is 203 Å². The van der Waals surface area contributed by atoms with Gasteiger partial charge >= 0.3 is 0 Å². The van der Waals surface area contributed by atoms with Crippen LogP contribution in [0.1, 0.15) is 37.8 Å². The molecule has 35 heavy (non-hydrogen) atoms. The van der Waals surface area contributed by atoms with Gasteiger partial charge in [0, 0.05) is 24.4 Å². The topological polar surface area (TPSA) is 148 Å². The van der Waals surface area contributed by atoms with E-state index in [0.29, 0.717) is 11.4 Å². The van der Waals surface area contributed by atoms with Crippen LogP contribution in [0.25, 0.3) is 0 Å². The van der Waals surface area contributed by atoms with E-state index in [1.54, 1.807) is 24.3 Å². The molecule has 1 aliphatic heterocycles. The lowest BCUT2D eigenvalue weighted by Gasteiger charge is -2.46. The fraction of sp³-hybridized carbons (Fsp3) is 0.217. The standard InChI is InChI=1S/C23H21ClFN5O5/c24-17-9-13(25)1-6-16(17)20(32)28-14-2-4-15(5-3-14)29-21(33)18-19(27-12-26-18)22(34)30-10-23(35,11-30)7-8-31/h1-6,9,12,31,35H,7-8,10-11H2,(H,26,27)(H,28,32)(H,29,33). The lowest BCUT2D eigenvalue weighted by atomic mass is 9.90. The molecular formula is C23H21ClFN5O5. The first-order valence-electron chi connectivity index (χ1n) is 10.5. The predicted octanol–water partition coefficient (Wildman–Crippen LogP) is 2.28. The molecule has 0 aliphatic carbocycles. The number of nitrogens with zero attached hydrogens (tertiary/aromatic N) is 2. The van der Waals surface area contributed by atoms with Crippen molar-refractivity contribution >= 4 is 40.7 Å². The van der Waals surface area contributed by atoms with E-state index in [4.69, 9.17) is 16.7 Å². The minimum Gasteiger partial charge on any atom is -0.396 e. The maximum Gasteiger partial charge on any atom is 0.276 e. The quantitative estimate of drug-likeness (QED) is 0.335. The number of likely N-dealkylation sites (tertiary alicyclic amines) is 1. The Hall–Kier alpha value is -3.80. The van der Waals surface area contributed by atoms with Crippen LogP contribution < -0.4 is 10.6 Å². The average molecular weight is 502 g/mol. The molecule has 2 heterocycles. The Morgan fingerprint density at radius 3 is 2.31 bits per heavy atom. The van der Waals surface area contributed by atoms with Crippen molar-refractivity contribution in [3.05, 3.63) is 76.6 Å². The molecule has 1 aliphatic rings. The highest BCUT2D eigenvalue weighted by molar-refractivity contribution is 6.34. The van der Waals surface area contributed by atoms with Crippen LogP contribution in [0, 0.1) is 5.82 Å². The van der Waals surface area contributed by atoms with Crippen molar-refractivity contribution in [1.29, 1.82) is 0 Å². The van der Waals surface area contributed by atoms with Gasteiger partial charge in [-0.15, -0.1) is 0 Å². The van der Waals surface area contributed by atoms with Gasteiger partial charge in [-0.3, -0.25) is 14.4 Å². The molecule has 0 saturated carbocycles. The summed E-state index contributed by atoms with van der Waals surface area (Å²) in [6, 6.07) is 9.62. The summed E-state index contributed by atoms with van der Waals surface area (Å²) < 4.78 is 13.2. The maximum atomic E-state index is 13.2. The van der Waals surface area contributed by atoms with Gasteiger partial charge in [0.05, 0.1) is 30.0 Å². The van der Waals surface area contributed by atoms with E-state index in [0.717, 1.165) is 12.1 Å². The summed E-state index contributed by atoms with van der Waals surface area (Å²) in [5.41, 5.74) is -0.359. The monoisotopic (exact) mass is 501 g/mol. The van der Waals surface area contributed by atoms with Crippen LogP contribution in [0.3, 0.4) is 0 Å². The number of anilines is 2. The smallest absolute Gasteiger partial charge is 0.276 e. The highest BCUT2D eigenvalue weighted by Crippen LogP contribution is 2.26. The van der Waals surface area contributed by atoms with E-state index >= 15 is 0 Å². The fourth-order valence-corrected chi connectivity index (χ4v) is 3.91. The number of carbonyl (C=O) groups excluding carboxylic acids is 3. The van der Waals surface area contributed by atoms with Gasteiger partial charge in [-0.2, -0.15) is 0 Å². The van der Waals surface area contributed by atoms with E-state index in [2.05, 4.69) is 20.6 Å². The summed E-state index contributed by atoms with van der Waals surface area (Å²) in [6.07, 6.45) is 1.38. The Kier molecular flexibility index (Phi) is 6.83. The number of hydrogen-bond acceptors (Lipinski definition) is 6. The van der Waals surface area contributed by atoms with Crippen molar-refractivity contribution in [2.75, 3.05) is 30.3 Å². The zero-order valence-electron chi connectivity index (χ0n) is 18.2. The number of halogens is 2. The van der Waals surface area contributed by atoms with Crippen LogP contribution in [0.5, 0.6) is 0 Å². The summed E-state index contributed by atoms with van der Waals surface area (Å²) in [4.78, 5) is 45.7. The number of imidazole rings is 1. The summed E-state index contributed by atoms with van der Waals surface area (Å²) in [5, 5.41) is 24.4. The summed E-state index contributed by atoms with van der Waals surface area (Å²) >= 11 is 5.91. The van der Waals surface area contributed by atoms with E-state index in [9.17, 15) is 23.9 Å². The Bertz CT molecular complexity index is 1270. The largest absolute Gasteiger partial charge is 0.396 e. The molecule has 0 atom stereocenters. The minimum atomic E-state index is -1.13. The van der Waals surface area contributed by atoms with Crippen molar-refractivity contribution in [2.24, 2.45) is 0 Å². The number of amides is 3. The third-order valence-corrected chi connectivity index (χ3v) is 5.79. The van der Waals surface area contributed by atoms with Gasteiger partial charge < -0.3 is 30.7 Å². The summed E-state index contributed by atoms with van der Waals surface area (Å²) in [6.45, 7) is -0.107. The van der Waals surface area contributed by atoms with E-state index in [1.165, 1.54) is 17.3 Å². The molecular weight excluding hydrogens is 481 g/mol. The Morgan fingerprint density at radius 1 is 1.09 bits per heavy atom. The number of aromatic nitrogens is 2. The molecule has 3 amide bonds. The van der Waals surface area contributed by atoms with Crippen LogP contribution in [0.15, 0.2) is 48.8 Å². The van der Waals surface area contributed by atoms with Gasteiger partial charge in [-0.1, -0.05) is 11.6 Å². The number of carbonyl (C=O) groups is 3.